The SMILES string of the molecule is CCCc1c(C)cc(C(C)=O)c(N)c1C. The molecule has 0 spiro atoms. The van der Waals surface area contributed by atoms with Gasteiger partial charge in [-0.25, -0.2) is 0 Å². The fourth-order valence-electron chi connectivity index (χ4n) is 1.97. The lowest BCUT2D eigenvalue weighted by Gasteiger charge is -2.14. The normalized spacial score (nSPS) is 10.4. The van der Waals surface area contributed by atoms with Crippen molar-refractivity contribution in [2.75, 3.05) is 5.73 Å². The van der Waals surface area contributed by atoms with Gasteiger partial charge in [0.1, 0.15) is 0 Å². The largest absolute Gasteiger partial charge is 0.398 e. The molecule has 0 heterocycles. The maximum absolute atomic E-state index is 11.4. The molecule has 0 aromatic heterocycles. The number of anilines is 1. The summed E-state index contributed by atoms with van der Waals surface area (Å²) in [7, 11) is 0. The highest BCUT2D eigenvalue weighted by Gasteiger charge is 2.12. The summed E-state index contributed by atoms with van der Waals surface area (Å²) in [5.74, 6) is 0.0433. The fraction of sp³-hybridized carbons (Fsp3) is 0.462. The van der Waals surface area contributed by atoms with E-state index in [0.29, 0.717) is 11.3 Å². The predicted octanol–water partition coefficient (Wildman–Crippen LogP) is 3.04. The Labute approximate surface area is 91.5 Å². The molecule has 0 radical (unpaired) electrons. The Morgan fingerprint density at radius 3 is 2.47 bits per heavy atom. The van der Waals surface area contributed by atoms with Gasteiger partial charge in [0.05, 0.1) is 0 Å². The minimum atomic E-state index is 0.0433. The highest BCUT2D eigenvalue weighted by Crippen LogP contribution is 2.26. The molecule has 2 nitrogen and oxygen atoms in total. The number of aryl methyl sites for hydroxylation is 1. The molecular formula is C13H19NO. The number of benzene rings is 1. The van der Waals surface area contributed by atoms with E-state index in [1.807, 2.05) is 19.9 Å². The van der Waals surface area contributed by atoms with Gasteiger partial charge in [-0.05, 0) is 49.9 Å². The average Bonchev–Trinajstić information content (AvgIpc) is 2.18. The Hall–Kier alpha value is -1.31. The van der Waals surface area contributed by atoms with Gasteiger partial charge in [0.25, 0.3) is 0 Å². The van der Waals surface area contributed by atoms with Crippen LogP contribution >= 0.6 is 0 Å². The molecule has 0 aliphatic heterocycles. The summed E-state index contributed by atoms with van der Waals surface area (Å²) in [6.07, 6.45) is 2.13. The average molecular weight is 205 g/mol. The van der Waals surface area contributed by atoms with Crippen LogP contribution in [0.4, 0.5) is 5.69 Å². The summed E-state index contributed by atoms with van der Waals surface area (Å²) < 4.78 is 0. The molecule has 0 fully saturated rings. The summed E-state index contributed by atoms with van der Waals surface area (Å²) in [5, 5.41) is 0. The van der Waals surface area contributed by atoms with E-state index in [0.717, 1.165) is 18.4 Å². The number of carbonyl (C=O) groups excluding carboxylic acids is 1. The molecule has 1 rings (SSSR count). The van der Waals surface area contributed by atoms with Crippen LogP contribution in [-0.4, -0.2) is 5.78 Å². The van der Waals surface area contributed by atoms with Crippen LogP contribution in [0.1, 0.15) is 47.3 Å². The number of rotatable bonds is 3. The second-order valence-electron chi connectivity index (χ2n) is 4.06. The first-order valence-corrected chi connectivity index (χ1v) is 5.38. The minimum Gasteiger partial charge on any atom is -0.398 e. The van der Waals surface area contributed by atoms with Crippen molar-refractivity contribution in [2.45, 2.75) is 40.5 Å². The molecule has 1 aromatic rings. The quantitative estimate of drug-likeness (QED) is 0.608. The molecule has 2 heteroatoms. The lowest BCUT2D eigenvalue weighted by molar-refractivity contribution is 0.101. The van der Waals surface area contributed by atoms with Crippen LogP contribution in [-0.2, 0) is 6.42 Å². The van der Waals surface area contributed by atoms with Crippen LogP contribution in [0.15, 0.2) is 6.07 Å². The first kappa shape index (κ1) is 11.8. The lowest BCUT2D eigenvalue weighted by atomic mass is 9.93. The smallest absolute Gasteiger partial charge is 0.161 e. The van der Waals surface area contributed by atoms with Crippen LogP contribution in [0.5, 0.6) is 0 Å². The topological polar surface area (TPSA) is 43.1 Å². The highest BCUT2D eigenvalue weighted by molar-refractivity contribution is 6.00. The van der Waals surface area contributed by atoms with Crippen molar-refractivity contribution >= 4 is 11.5 Å². The summed E-state index contributed by atoms with van der Waals surface area (Å²) in [4.78, 5) is 11.4. The van der Waals surface area contributed by atoms with Gasteiger partial charge in [0.15, 0.2) is 5.78 Å². The van der Waals surface area contributed by atoms with E-state index in [9.17, 15) is 4.79 Å². The second kappa shape index (κ2) is 4.47. The Kier molecular flexibility index (Phi) is 3.51. The minimum absolute atomic E-state index is 0.0433. The van der Waals surface area contributed by atoms with E-state index < -0.39 is 0 Å². The maximum atomic E-state index is 11.4. The number of ketones is 1. The van der Waals surface area contributed by atoms with Gasteiger partial charge in [-0.1, -0.05) is 13.3 Å². The highest BCUT2D eigenvalue weighted by atomic mass is 16.1. The van der Waals surface area contributed by atoms with Gasteiger partial charge in [-0.15, -0.1) is 0 Å². The van der Waals surface area contributed by atoms with Crippen molar-refractivity contribution in [1.82, 2.24) is 0 Å². The van der Waals surface area contributed by atoms with Crippen molar-refractivity contribution < 1.29 is 4.79 Å². The number of hydrogen-bond donors (Lipinski definition) is 1. The molecule has 0 unspecified atom stereocenters. The fourth-order valence-corrected chi connectivity index (χ4v) is 1.97. The molecule has 15 heavy (non-hydrogen) atoms. The van der Waals surface area contributed by atoms with Crippen LogP contribution in [0, 0.1) is 13.8 Å². The van der Waals surface area contributed by atoms with E-state index in [1.54, 1.807) is 6.92 Å². The van der Waals surface area contributed by atoms with Crippen molar-refractivity contribution in [1.29, 1.82) is 0 Å². The number of carbonyl (C=O) groups is 1. The number of nitrogens with two attached hydrogens (primary N) is 1. The lowest BCUT2D eigenvalue weighted by Crippen LogP contribution is -2.06. The molecule has 0 aliphatic rings. The van der Waals surface area contributed by atoms with Gasteiger partial charge in [0, 0.05) is 11.3 Å². The molecule has 1 aromatic carbocycles. The Morgan fingerprint density at radius 1 is 1.40 bits per heavy atom. The van der Waals surface area contributed by atoms with Crippen LogP contribution in [0.25, 0.3) is 0 Å². The third kappa shape index (κ3) is 2.20. The van der Waals surface area contributed by atoms with Crippen LogP contribution in [0.2, 0.25) is 0 Å². The van der Waals surface area contributed by atoms with E-state index in [1.165, 1.54) is 11.1 Å². The van der Waals surface area contributed by atoms with Crippen molar-refractivity contribution in [3.8, 4) is 0 Å². The summed E-state index contributed by atoms with van der Waals surface area (Å²) in [6.45, 7) is 7.75. The Morgan fingerprint density at radius 2 is 2.00 bits per heavy atom. The van der Waals surface area contributed by atoms with Gasteiger partial charge < -0.3 is 5.73 Å². The molecule has 0 saturated carbocycles. The summed E-state index contributed by atoms with van der Waals surface area (Å²) >= 11 is 0. The van der Waals surface area contributed by atoms with Gasteiger partial charge in [-0.2, -0.15) is 0 Å². The predicted molar refractivity (Wildman–Crippen MR) is 64.3 cm³/mol. The monoisotopic (exact) mass is 205 g/mol. The number of nitrogen functional groups attached to an aromatic ring is 1. The van der Waals surface area contributed by atoms with Crippen molar-refractivity contribution in [3.63, 3.8) is 0 Å². The molecule has 0 bridgehead atoms. The summed E-state index contributed by atoms with van der Waals surface area (Å²) in [5.41, 5.74) is 10.8. The Bertz CT molecular complexity index is 394. The van der Waals surface area contributed by atoms with E-state index >= 15 is 0 Å². The molecular weight excluding hydrogens is 186 g/mol. The summed E-state index contributed by atoms with van der Waals surface area (Å²) in [6, 6.07) is 1.91. The van der Waals surface area contributed by atoms with Gasteiger partial charge >= 0.3 is 0 Å². The number of hydrogen-bond acceptors (Lipinski definition) is 2. The third-order valence-corrected chi connectivity index (χ3v) is 2.86. The first-order chi connectivity index (χ1) is 6.99. The third-order valence-electron chi connectivity index (χ3n) is 2.86. The van der Waals surface area contributed by atoms with E-state index in [-0.39, 0.29) is 5.78 Å². The second-order valence-corrected chi connectivity index (χ2v) is 4.06. The zero-order valence-corrected chi connectivity index (χ0v) is 9.98. The maximum Gasteiger partial charge on any atom is 0.161 e. The standard InChI is InChI=1S/C13H19NO/c1-5-6-11-8(2)7-12(10(4)15)13(14)9(11)3/h7H,5-6,14H2,1-4H3. The zero-order chi connectivity index (χ0) is 11.6. The van der Waals surface area contributed by atoms with Crippen LogP contribution in [0.3, 0.4) is 0 Å². The molecule has 0 saturated heterocycles. The van der Waals surface area contributed by atoms with Crippen molar-refractivity contribution in [2.24, 2.45) is 0 Å². The molecule has 0 aliphatic carbocycles. The van der Waals surface area contributed by atoms with Gasteiger partial charge in [-0.3, -0.25) is 4.79 Å². The van der Waals surface area contributed by atoms with E-state index in [4.69, 9.17) is 5.73 Å². The van der Waals surface area contributed by atoms with Gasteiger partial charge in [0.2, 0.25) is 0 Å². The molecule has 0 atom stereocenters. The Balaban J connectivity index is 3.37. The molecule has 2 N–H and O–H groups in total. The van der Waals surface area contributed by atoms with Crippen LogP contribution < -0.4 is 5.73 Å². The molecule has 0 amide bonds. The van der Waals surface area contributed by atoms with Crippen molar-refractivity contribution in [3.05, 3.63) is 28.3 Å². The number of Topliss-reactive ketones (excluding diaryl/α,β-unsaturated/α-hetero) is 1. The van der Waals surface area contributed by atoms with E-state index in [2.05, 4.69) is 6.92 Å². The zero-order valence-electron chi connectivity index (χ0n) is 9.98. The first-order valence-electron chi connectivity index (χ1n) is 5.38. The molecule has 82 valence electrons.